The summed E-state index contributed by atoms with van der Waals surface area (Å²) in [6.45, 7) is 7.36. The van der Waals surface area contributed by atoms with Gasteiger partial charge >= 0.3 is 5.69 Å². The Balaban J connectivity index is 1.84. The van der Waals surface area contributed by atoms with Crippen LogP contribution in [0.5, 0.6) is 0 Å². The molecule has 1 aliphatic heterocycles. The Morgan fingerprint density at radius 2 is 1.97 bits per heavy atom. The Hall–Kier alpha value is -3.30. The number of nitrogens with two attached hydrogens (primary N) is 1. The molecule has 3 heterocycles. The number of anilines is 2. The lowest BCUT2D eigenvalue weighted by Crippen LogP contribution is -2.48. The molecule has 1 fully saturated rings. The van der Waals surface area contributed by atoms with Crippen molar-refractivity contribution in [2.24, 2.45) is 11.8 Å². The van der Waals surface area contributed by atoms with Crippen LogP contribution in [0.2, 0.25) is 0 Å². The van der Waals surface area contributed by atoms with E-state index >= 15 is 0 Å². The van der Waals surface area contributed by atoms with E-state index in [2.05, 4.69) is 4.98 Å². The van der Waals surface area contributed by atoms with E-state index in [1.54, 1.807) is 17.0 Å². The maximum absolute atomic E-state index is 13.6. The first kappa shape index (κ1) is 24.3. The first-order valence-corrected chi connectivity index (χ1v) is 11.5. The molecule has 33 heavy (non-hydrogen) atoms. The lowest BCUT2D eigenvalue weighted by Gasteiger charge is -2.34. The molecule has 0 aliphatic carbocycles. The van der Waals surface area contributed by atoms with Crippen molar-refractivity contribution in [3.63, 3.8) is 0 Å². The van der Waals surface area contributed by atoms with Gasteiger partial charge in [-0.1, -0.05) is 27.2 Å². The standard InChI is InChI=1S/C23H33N5O5/c1-4-5-10-27-19(24)18(20(29)25-23(27)32)28(14-15(2)3)21(30)16-8-11-26(12-9-16)22(31)17-7-6-13-33-17/h6-7,13,15-16H,4-5,8-12,14,24H2,1-3H3,(H,25,29,32). The third kappa shape index (κ3) is 5.37. The number of hydrogen-bond donors (Lipinski definition) is 2. The molecule has 2 amide bonds. The van der Waals surface area contributed by atoms with Gasteiger partial charge in [0, 0.05) is 32.1 Å². The summed E-state index contributed by atoms with van der Waals surface area (Å²) in [5, 5.41) is 0. The van der Waals surface area contributed by atoms with Crippen molar-refractivity contribution in [1.29, 1.82) is 0 Å². The van der Waals surface area contributed by atoms with Crippen LogP contribution in [0.3, 0.4) is 0 Å². The van der Waals surface area contributed by atoms with Gasteiger partial charge in [0.05, 0.1) is 6.26 Å². The highest BCUT2D eigenvalue weighted by molar-refractivity contribution is 5.97. The average Bonchev–Trinajstić information content (AvgIpc) is 3.32. The van der Waals surface area contributed by atoms with Gasteiger partial charge in [-0.2, -0.15) is 0 Å². The Morgan fingerprint density at radius 3 is 2.55 bits per heavy atom. The smallest absolute Gasteiger partial charge is 0.330 e. The van der Waals surface area contributed by atoms with Crippen LogP contribution >= 0.6 is 0 Å². The van der Waals surface area contributed by atoms with Crippen molar-refractivity contribution in [3.8, 4) is 0 Å². The highest BCUT2D eigenvalue weighted by Crippen LogP contribution is 2.26. The molecule has 0 spiro atoms. The molecule has 3 N–H and O–H groups in total. The van der Waals surface area contributed by atoms with Crippen LogP contribution in [-0.2, 0) is 11.3 Å². The summed E-state index contributed by atoms with van der Waals surface area (Å²) in [5.41, 5.74) is 5.06. The molecule has 3 rings (SSSR count). The number of likely N-dealkylation sites (tertiary alicyclic amines) is 1. The summed E-state index contributed by atoms with van der Waals surface area (Å²) in [6, 6.07) is 3.28. The minimum atomic E-state index is -0.662. The maximum atomic E-state index is 13.6. The Bertz CT molecular complexity index is 1080. The Labute approximate surface area is 192 Å². The molecule has 0 unspecified atom stereocenters. The summed E-state index contributed by atoms with van der Waals surface area (Å²) in [4.78, 5) is 56.6. The van der Waals surface area contributed by atoms with E-state index in [4.69, 9.17) is 10.2 Å². The first-order chi connectivity index (χ1) is 15.7. The van der Waals surface area contributed by atoms with Gasteiger partial charge in [0.15, 0.2) is 11.4 Å². The quantitative estimate of drug-likeness (QED) is 0.620. The number of H-pyrrole nitrogens is 1. The first-order valence-electron chi connectivity index (χ1n) is 11.5. The molecule has 0 bridgehead atoms. The Kier molecular flexibility index (Phi) is 7.78. The number of hydrogen-bond acceptors (Lipinski definition) is 6. The SMILES string of the molecule is CCCCn1c(N)c(N(CC(C)C)C(=O)C2CCN(C(=O)c3ccco3)CC2)c(=O)[nH]c1=O. The van der Waals surface area contributed by atoms with Gasteiger partial charge in [-0.3, -0.25) is 23.9 Å². The molecule has 10 heteroatoms. The highest BCUT2D eigenvalue weighted by atomic mass is 16.3. The monoisotopic (exact) mass is 459 g/mol. The fourth-order valence-electron chi connectivity index (χ4n) is 4.14. The molecule has 1 aliphatic rings. The lowest BCUT2D eigenvalue weighted by molar-refractivity contribution is -0.123. The van der Waals surface area contributed by atoms with Gasteiger partial charge in [-0.15, -0.1) is 0 Å². The van der Waals surface area contributed by atoms with E-state index < -0.39 is 11.2 Å². The number of carbonyl (C=O) groups excluding carboxylic acids is 2. The number of piperidine rings is 1. The number of furan rings is 1. The topological polar surface area (TPSA) is 135 Å². The van der Waals surface area contributed by atoms with E-state index in [1.807, 2.05) is 20.8 Å². The molecular weight excluding hydrogens is 426 g/mol. The number of amides is 2. The largest absolute Gasteiger partial charge is 0.459 e. The lowest BCUT2D eigenvalue weighted by atomic mass is 9.94. The van der Waals surface area contributed by atoms with E-state index in [-0.39, 0.29) is 40.9 Å². The Morgan fingerprint density at radius 1 is 1.27 bits per heavy atom. The predicted octanol–water partition coefficient (Wildman–Crippen LogP) is 2.05. The van der Waals surface area contributed by atoms with Crippen molar-refractivity contribution in [2.75, 3.05) is 30.3 Å². The molecule has 0 atom stereocenters. The van der Waals surface area contributed by atoms with Crippen LogP contribution in [-0.4, -0.2) is 45.9 Å². The third-order valence-electron chi connectivity index (χ3n) is 5.90. The molecule has 2 aromatic rings. The minimum Gasteiger partial charge on any atom is -0.459 e. The molecular formula is C23H33N5O5. The predicted molar refractivity (Wildman–Crippen MR) is 125 cm³/mol. The molecule has 180 valence electrons. The van der Waals surface area contributed by atoms with Crippen LogP contribution in [0.25, 0.3) is 0 Å². The van der Waals surface area contributed by atoms with Crippen molar-refractivity contribution >= 4 is 23.3 Å². The number of nitrogens with zero attached hydrogens (tertiary/aromatic N) is 3. The van der Waals surface area contributed by atoms with Crippen LogP contribution < -0.4 is 21.9 Å². The zero-order valence-corrected chi connectivity index (χ0v) is 19.5. The number of rotatable bonds is 8. The molecule has 0 aromatic carbocycles. The highest BCUT2D eigenvalue weighted by Gasteiger charge is 2.34. The van der Waals surface area contributed by atoms with Gasteiger partial charge < -0.3 is 20.0 Å². The maximum Gasteiger partial charge on any atom is 0.330 e. The minimum absolute atomic E-state index is 0.0108. The number of nitrogens with one attached hydrogen (secondary N) is 1. The number of nitrogen functional groups attached to an aromatic ring is 1. The fourth-order valence-corrected chi connectivity index (χ4v) is 4.14. The number of carbonyl (C=O) groups is 2. The van der Waals surface area contributed by atoms with Crippen molar-refractivity contribution in [2.45, 2.75) is 53.0 Å². The van der Waals surface area contributed by atoms with Crippen molar-refractivity contribution in [1.82, 2.24) is 14.5 Å². The number of aromatic nitrogens is 2. The summed E-state index contributed by atoms with van der Waals surface area (Å²) in [7, 11) is 0. The van der Waals surface area contributed by atoms with Crippen molar-refractivity contribution in [3.05, 3.63) is 45.0 Å². The normalized spacial score (nSPS) is 14.6. The third-order valence-corrected chi connectivity index (χ3v) is 5.90. The second kappa shape index (κ2) is 10.5. The van der Waals surface area contributed by atoms with E-state index in [0.29, 0.717) is 39.0 Å². The van der Waals surface area contributed by atoms with Gasteiger partial charge in [0.1, 0.15) is 5.82 Å². The summed E-state index contributed by atoms with van der Waals surface area (Å²) < 4.78 is 6.52. The molecule has 0 radical (unpaired) electrons. The molecule has 0 saturated carbocycles. The van der Waals surface area contributed by atoms with Gasteiger partial charge in [-0.25, -0.2) is 4.79 Å². The fraction of sp³-hybridized carbons (Fsp3) is 0.565. The van der Waals surface area contributed by atoms with Gasteiger partial charge in [-0.05, 0) is 37.3 Å². The number of aromatic amines is 1. The number of unbranched alkanes of at least 4 members (excludes halogenated alkanes) is 1. The van der Waals surface area contributed by atoms with Crippen LogP contribution in [0.15, 0.2) is 32.4 Å². The van der Waals surface area contributed by atoms with E-state index in [1.165, 1.54) is 15.7 Å². The average molecular weight is 460 g/mol. The van der Waals surface area contributed by atoms with Crippen molar-refractivity contribution < 1.29 is 14.0 Å². The second-order valence-electron chi connectivity index (χ2n) is 8.88. The second-order valence-corrected chi connectivity index (χ2v) is 8.88. The zero-order chi connectivity index (χ0) is 24.1. The van der Waals surface area contributed by atoms with E-state index in [9.17, 15) is 19.2 Å². The van der Waals surface area contributed by atoms with E-state index in [0.717, 1.165) is 12.8 Å². The summed E-state index contributed by atoms with van der Waals surface area (Å²) in [6.07, 6.45) is 3.95. The summed E-state index contributed by atoms with van der Waals surface area (Å²) in [5.74, 6) is -0.421. The van der Waals surface area contributed by atoms with Gasteiger partial charge in [0.25, 0.3) is 11.5 Å². The van der Waals surface area contributed by atoms with Gasteiger partial charge in [0.2, 0.25) is 5.91 Å². The zero-order valence-electron chi connectivity index (χ0n) is 19.5. The summed E-state index contributed by atoms with van der Waals surface area (Å²) >= 11 is 0. The van der Waals surface area contributed by atoms with Crippen LogP contribution in [0, 0.1) is 11.8 Å². The van der Waals surface area contributed by atoms with Crippen LogP contribution in [0.1, 0.15) is 57.0 Å². The molecule has 2 aromatic heterocycles. The van der Waals surface area contributed by atoms with Crippen LogP contribution in [0.4, 0.5) is 11.5 Å². The molecule has 1 saturated heterocycles. The molecule has 10 nitrogen and oxygen atoms in total.